The minimum Gasteiger partial charge on any atom is -0.415 e. The molecule has 2 aromatic carbocycles. The Morgan fingerprint density at radius 1 is 1.03 bits per heavy atom. The second-order valence-electron chi connectivity index (χ2n) is 8.75. The predicted octanol–water partition coefficient (Wildman–Crippen LogP) is 4.52. The molecule has 13 heteroatoms. The van der Waals surface area contributed by atoms with Gasteiger partial charge in [-0.2, -0.15) is 8.78 Å². The van der Waals surface area contributed by atoms with E-state index in [0.717, 1.165) is 24.8 Å². The minimum atomic E-state index is -3.21. The highest BCUT2D eigenvalue weighted by Gasteiger charge is 2.30. The van der Waals surface area contributed by atoms with Crippen LogP contribution in [0.5, 0.6) is 0 Å². The lowest BCUT2D eigenvalue weighted by atomic mass is 10.1. The molecule has 1 aliphatic heterocycles. The Labute approximate surface area is 218 Å². The molecular formula is C25H28F3N5O4S. The van der Waals surface area contributed by atoms with Crippen LogP contribution in [0.15, 0.2) is 46.9 Å². The number of nitrogens with zero attached hydrogens (tertiary/aromatic N) is 5. The molecule has 1 fully saturated rings. The number of carbonyl (C=O) groups is 1. The molecule has 204 valence electrons. The molecule has 0 saturated carbocycles. The van der Waals surface area contributed by atoms with Gasteiger partial charge in [-0.15, -0.1) is 10.2 Å². The second kappa shape index (κ2) is 11.4. The number of urea groups is 1. The van der Waals surface area contributed by atoms with Gasteiger partial charge in [0, 0.05) is 48.7 Å². The second-order valence-corrected chi connectivity index (χ2v) is 11.1. The van der Waals surface area contributed by atoms with E-state index in [-0.39, 0.29) is 48.2 Å². The van der Waals surface area contributed by atoms with Crippen molar-refractivity contribution in [1.82, 2.24) is 15.1 Å². The third-order valence-electron chi connectivity index (χ3n) is 6.39. The number of alkyl halides is 2. The average Bonchev–Trinajstić information content (AvgIpc) is 3.40. The van der Waals surface area contributed by atoms with E-state index in [1.54, 1.807) is 12.1 Å². The molecule has 1 saturated heterocycles. The van der Waals surface area contributed by atoms with Crippen molar-refractivity contribution in [1.29, 1.82) is 0 Å². The van der Waals surface area contributed by atoms with Gasteiger partial charge in [-0.05, 0) is 50.2 Å². The maximum Gasteiger partial charge on any atom is 0.324 e. The molecule has 0 bridgehead atoms. The Balaban J connectivity index is 1.62. The summed E-state index contributed by atoms with van der Waals surface area (Å²) < 4.78 is 69.4. The van der Waals surface area contributed by atoms with E-state index in [1.807, 2.05) is 26.0 Å². The third kappa shape index (κ3) is 6.09. The molecule has 2 heterocycles. The number of carbonyl (C=O) groups excluding carboxylic acids is 1. The van der Waals surface area contributed by atoms with Crippen LogP contribution < -0.4 is 9.80 Å². The van der Waals surface area contributed by atoms with Gasteiger partial charge < -0.3 is 14.2 Å². The summed E-state index contributed by atoms with van der Waals surface area (Å²) in [7, 11) is -3.21. The summed E-state index contributed by atoms with van der Waals surface area (Å²) in [6, 6.07) is 10.8. The van der Waals surface area contributed by atoms with Gasteiger partial charge in [0.2, 0.25) is 5.89 Å². The van der Waals surface area contributed by atoms with Crippen molar-refractivity contribution in [2.75, 3.05) is 47.5 Å². The molecule has 38 heavy (non-hydrogen) atoms. The van der Waals surface area contributed by atoms with Gasteiger partial charge in [0.15, 0.2) is 9.84 Å². The van der Waals surface area contributed by atoms with Crippen LogP contribution in [0.25, 0.3) is 11.5 Å². The minimum absolute atomic E-state index is 0.0419. The zero-order valence-electron chi connectivity index (χ0n) is 21.0. The smallest absolute Gasteiger partial charge is 0.324 e. The van der Waals surface area contributed by atoms with Crippen LogP contribution in [0.1, 0.15) is 31.7 Å². The van der Waals surface area contributed by atoms with Crippen LogP contribution in [-0.4, -0.2) is 67.2 Å². The van der Waals surface area contributed by atoms with E-state index in [4.69, 9.17) is 4.42 Å². The number of amides is 2. The highest BCUT2D eigenvalue weighted by molar-refractivity contribution is 7.91. The predicted molar refractivity (Wildman–Crippen MR) is 136 cm³/mol. The first-order valence-electron chi connectivity index (χ1n) is 12.1. The van der Waals surface area contributed by atoms with E-state index in [9.17, 15) is 22.0 Å². The number of rotatable bonds is 8. The van der Waals surface area contributed by atoms with Gasteiger partial charge in [0.05, 0.1) is 18.1 Å². The fourth-order valence-corrected chi connectivity index (χ4v) is 5.40. The first kappa shape index (κ1) is 27.4. The van der Waals surface area contributed by atoms with Gasteiger partial charge in [-0.25, -0.2) is 17.6 Å². The molecule has 0 radical (unpaired) electrons. The Kier molecular flexibility index (Phi) is 8.24. The third-order valence-corrected chi connectivity index (χ3v) is 8.00. The van der Waals surface area contributed by atoms with Gasteiger partial charge in [-0.1, -0.05) is 6.07 Å². The fourth-order valence-electron chi connectivity index (χ4n) is 4.19. The van der Waals surface area contributed by atoms with Gasteiger partial charge in [0.1, 0.15) is 5.82 Å². The molecule has 0 aliphatic carbocycles. The fraction of sp³-hybridized carbons (Fsp3) is 0.400. The lowest BCUT2D eigenvalue weighted by Crippen LogP contribution is -2.49. The molecule has 9 nitrogen and oxygen atoms in total. The number of hydrogen-bond acceptors (Lipinski definition) is 7. The van der Waals surface area contributed by atoms with Crippen LogP contribution in [-0.2, 0) is 16.4 Å². The maximum atomic E-state index is 15.2. The normalized spacial score (nSPS) is 15.1. The largest absolute Gasteiger partial charge is 0.415 e. The van der Waals surface area contributed by atoms with Crippen LogP contribution >= 0.6 is 0 Å². The molecule has 0 spiro atoms. The topological polar surface area (TPSA) is 99.8 Å². The Hall–Kier alpha value is -3.61. The number of aromatic nitrogens is 2. The molecule has 1 aromatic heterocycles. The molecule has 4 rings (SSSR count). The van der Waals surface area contributed by atoms with Gasteiger partial charge in [0.25, 0.3) is 5.89 Å². The molecule has 3 aromatic rings. The van der Waals surface area contributed by atoms with Gasteiger partial charge in [-0.3, -0.25) is 4.90 Å². The Morgan fingerprint density at radius 2 is 1.66 bits per heavy atom. The zero-order chi connectivity index (χ0) is 27.4. The van der Waals surface area contributed by atoms with Crippen LogP contribution in [0.4, 0.5) is 29.3 Å². The van der Waals surface area contributed by atoms with E-state index >= 15 is 4.39 Å². The Morgan fingerprint density at radius 3 is 2.21 bits per heavy atom. The Bertz CT molecular complexity index is 1360. The van der Waals surface area contributed by atoms with Crippen molar-refractivity contribution in [3.05, 3.63) is 59.7 Å². The van der Waals surface area contributed by atoms with Crippen LogP contribution in [0.2, 0.25) is 0 Å². The first-order chi connectivity index (χ1) is 18.1. The summed E-state index contributed by atoms with van der Waals surface area (Å²) in [5.74, 6) is -2.08. The lowest BCUT2D eigenvalue weighted by Gasteiger charge is -2.33. The standard InChI is InChI=1S/C25H28F3N5O4S/c1-3-31(4-2)19-7-9-20(10-8-19)33(25(34)32-11-13-38(35,36)14-12-32)16-18-6-5-17(15-21(18)26)23-29-30-24(37-23)22(27)28/h5-10,15,22H,3-4,11-14,16H2,1-2H3. The molecule has 0 N–H and O–H groups in total. The quantitative estimate of drug-likeness (QED) is 0.406. The van der Waals surface area contributed by atoms with Crippen molar-refractivity contribution in [3.63, 3.8) is 0 Å². The number of benzene rings is 2. The summed E-state index contributed by atoms with van der Waals surface area (Å²) in [4.78, 5) is 18.5. The maximum absolute atomic E-state index is 15.2. The molecule has 2 amide bonds. The number of halogens is 3. The summed E-state index contributed by atoms with van der Waals surface area (Å²) >= 11 is 0. The molecular weight excluding hydrogens is 523 g/mol. The van der Waals surface area contributed by atoms with Crippen molar-refractivity contribution in [2.45, 2.75) is 26.8 Å². The van der Waals surface area contributed by atoms with E-state index in [1.165, 1.54) is 21.9 Å². The van der Waals surface area contributed by atoms with Crippen molar-refractivity contribution < 1.29 is 30.8 Å². The monoisotopic (exact) mass is 551 g/mol. The first-order valence-corrected chi connectivity index (χ1v) is 14.0. The average molecular weight is 552 g/mol. The summed E-state index contributed by atoms with van der Waals surface area (Å²) in [5, 5.41) is 6.79. The highest BCUT2D eigenvalue weighted by atomic mass is 32.2. The van der Waals surface area contributed by atoms with E-state index < -0.39 is 34.0 Å². The number of sulfone groups is 1. The van der Waals surface area contributed by atoms with Crippen molar-refractivity contribution in [3.8, 4) is 11.5 Å². The van der Waals surface area contributed by atoms with E-state index in [2.05, 4.69) is 15.1 Å². The van der Waals surface area contributed by atoms with Crippen molar-refractivity contribution in [2.24, 2.45) is 0 Å². The molecule has 0 unspecified atom stereocenters. The van der Waals surface area contributed by atoms with Gasteiger partial charge >= 0.3 is 12.5 Å². The highest BCUT2D eigenvalue weighted by Crippen LogP contribution is 2.28. The number of anilines is 2. The summed E-state index contributed by atoms with van der Waals surface area (Å²) in [5.41, 5.74) is 1.76. The molecule has 1 aliphatic rings. The zero-order valence-corrected chi connectivity index (χ0v) is 21.8. The van der Waals surface area contributed by atoms with Crippen LogP contribution in [0.3, 0.4) is 0 Å². The summed E-state index contributed by atoms with van der Waals surface area (Å²) in [6.45, 7) is 5.61. The SMILES string of the molecule is CCN(CC)c1ccc(N(Cc2ccc(-c3nnc(C(F)F)o3)cc2F)C(=O)N2CCS(=O)(=O)CC2)cc1. The van der Waals surface area contributed by atoms with E-state index in [0.29, 0.717) is 5.69 Å². The summed E-state index contributed by atoms with van der Waals surface area (Å²) in [6.07, 6.45) is -2.95. The molecule has 0 atom stereocenters. The number of hydrogen-bond donors (Lipinski definition) is 0. The van der Waals surface area contributed by atoms with Crippen molar-refractivity contribution >= 4 is 27.2 Å². The lowest BCUT2D eigenvalue weighted by molar-refractivity contribution is 0.116. The van der Waals surface area contributed by atoms with Crippen LogP contribution in [0, 0.1) is 5.82 Å².